The molecule has 164 valence electrons. The Morgan fingerprint density at radius 2 is 1.67 bits per heavy atom. The second-order valence-corrected chi connectivity index (χ2v) is 7.61. The summed E-state index contributed by atoms with van der Waals surface area (Å²) in [6, 6.07) is 10.5. The Bertz CT molecular complexity index is 950. The van der Waals surface area contributed by atoms with Gasteiger partial charge in [-0.25, -0.2) is 17.9 Å². The Hall–Kier alpha value is -2.99. The van der Waals surface area contributed by atoms with Crippen LogP contribution in [-0.2, 0) is 16.6 Å². The van der Waals surface area contributed by atoms with E-state index in [1.54, 1.807) is 0 Å². The third-order valence-corrected chi connectivity index (χ3v) is 5.19. The Balaban J connectivity index is 1.78. The maximum Gasteiger partial charge on any atom is 0.573 e. The third-order valence-electron chi connectivity index (χ3n) is 3.71. The summed E-state index contributed by atoms with van der Waals surface area (Å²) >= 11 is 0. The van der Waals surface area contributed by atoms with E-state index in [2.05, 4.69) is 20.1 Å². The number of methoxy groups -OCH3 is 1. The van der Waals surface area contributed by atoms with Crippen LogP contribution in [0.15, 0.2) is 53.4 Å². The number of alkyl halides is 3. The zero-order valence-electron chi connectivity index (χ0n) is 15.8. The Morgan fingerprint density at radius 3 is 2.30 bits per heavy atom. The lowest BCUT2D eigenvalue weighted by atomic mass is 10.2. The predicted octanol–water partition coefficient (Wildman–Crippen LogP) is 2.37. The van der Waals surface area contributed by atoms with E-state index in [9.17, 15) is 26.4 Å². The van der Waals surface area contributed by atoms with Crippen LogP contribution < -0.4 is 24.8 Å². The molecule has 0 radical (unpaired) electrons. The smallest absolute Gasteiger partial charge is 0.497 e. The highest BCUT2D eigenvalue weighted by molar-refractivity contribution is 7.89. The summed E-state index contributed by atoms with van der Waals surface area (Å²) in [4.78, 5) is 11.8. The summed E-state index contributed by atoms with van der Waals surface area (Å²) < 4.78 is 72.7. The van der Waals surface area contributed by atoms with Crippen molar-refractivity contribution in [1.29, 1.82) is 0 Å². The first-order valence-electron chi connectivity index (χ1n) is 8.60. The molecule has 0 bridgehead atoms. The molecule has 0 atom stereocenters. The third kappa shape index (κ3) is 7.44. The fraction of sp³-hybridized carbons (Fsp3) is 0.278. The van der Waals surface area contributed by atoms with Crippen LogP contribution >= 0.6 is 0 Å². The molecule has 0 aromatic heterocycles. The van der Waals surface area contributed by atoms with Crippen LogP contribution in [0.4, 0.5) is 18.0 Å². The van der Waals surface area contributed by atoms with Crippen molar-refractivity contribution in [2.75, 3.05) is 20.2 Å². The highest BCUT2D eigenvalue weighted by atomic mass is 32.2. The minimum Gasteiger partial charge on any atom is -0.497 e. The van der Waals surface area contributed by atoms with Gasteiger partial charge in [-0.15, -0.1) is 13.2 Å². The lowest BCUT2D eigenvalue weighted by Gasteiger charge is -2.14. The van der Waals surface area contributed by atoms with Gasteiger partial charge in [0.05, 0.1) is 12.0 Å². The summed E-state index contributed by atoms with van der Waals surface area (Å²) in [5.41, 5.74) is 0.130. The summed E-state index contributed by atoms with van der Waals surface area (Å²) in [6.45, 7) is -0.340. The van der Waals surface area contributed by atoms with Crippen molar-refractivity contribution in [2.24, 2.45) is 0 Å². The van der Waals surface area contributed by atoms with Gasteiger partial charge >= 0.3 is 12.4 Å². The fourth-order valence-electron chi connectivity index (χ4n) is 2.31. The maximum absolute atomic E-state index is 12.4. The van der Waals surface area contributed by atoms with Crippen molar-refractivity contribution in [3.05, 3.63) is 54.1 Å². The molecule has 2 rings (SSSR count). The van der Waals surface area contributed by atoms with Crippen molar-refractivity contribution < 1.29 is 35.9 Å². The first-order chi connectivity index (χ1) is 14.1. The molecule has 2 aromatic rings. The van der Waals surface area contributed by atoms with Crippen LogP contribution in [0.5, 0.6) is 11.5 Å². The van der Waals surface area contributed by atoms with E-state index in [0.29, 0.717) is 5.75 Å². The van der Waals surface area contributed by atoms with Crippen LogP contribution in [0.2, 0.25) is 0 Å². The van der Waals surface area contributed by atoms with Gasteiger partial charge in [0.2, 0.25) is 10.0 Å². The summed E-state index contributed by atoms with van der Waals surface area (Å²) in [7, 11) is -2.30. The van der Waals surface area contributed by atoms with Crippen LogP contribution in [-0.4, -0.2) is 41.0 Å². The van der Waals surface area contributed by atoms with Crippen LogP contribution in [0.3, 0.4) is 0 Å². The normalized spacial score (nSPS) is 11.6. The summed E-state index contributed by atoms with van der Waals surface area (Å²) in [5, 5.41) is 4.78. The van der Waals surface area contributed by atoms with E-state index >= 15 is 0 Å². The van der Waals surface area contributed by atoms with E-state index in [1.807, 2.05) is 0 Å². The first-order valence-corrected chi connectivity index (χ1v) is 10.1. The number of halogens is 3. The van der Waals surface area contributed by atoms with Crippen molar-refractivity contribution >= 4 is 16.1 Å². The molecular formula is C18H20F3N3O5S. The minimum absolute atomic E-state index is 0.0361. The van der Waals surface area contributed by atoms with E-state index in [0.717, 1.165) is 6.07 Å². The van der Waals surface area contributed by atoms with Gasteiger partial charge in [0.15, 0.2) is 0 Å². The number of amides is 2. The molecule has 0 saturated carbocycles. The lowest BCUT2D eigenvalue weighted by Crippen LogP contribution is -2.40. The molecule has 2 aromatic carbocycles. The first kappa shape index (κ1) is 23.3. The molecule has 0 aliphatic carbocycles. The van der Waals surface area contributed by atoms with Gasteiger partial charge < -0.3 is 20.1 Å². The Labute approximate surface area is 171 Å². The zero-order valence-corrected chi connectivity index (χ0v) is 16.6. The lowest BCUT2D eigenvalue weighted by molar-refractivity contribution is -0.274. The summed E-state index contributed by atoms with van der Waals surface area (Å²) in [6.07, 6.45) is -4.85. The molecule has 3 N–H and O–H groups in total. The fourth-order valence-corrected chi connectivity index (χ4v) is 3.34. The number of carbonyl (C=O) groups excluding carboxylic acids is 1. The molecule has 0 fully saturated rings. The van der Waals surface area contributed by atoms with Gasteiger partial charge in [0, 0.05) is 25.2 Å². The van der Waals surface area contributed by atoms with Crippen molar-refractivity contribution in [1.82, 2.24) is 15.4 Å². The maximum atomic E-state index is 12.4. The van der Waals surface area contributed by atoms with E-state index in [-0.39, 0.29) is 30.1 Å². The standard InChI is InChI=1S/C18H20F3N3O5S/c1-28-14-6-8-15(9-7-14)30(26,27)24-11-10-22-17(25)23-12-13-4-2-3-5-16(13)29-18(19,20)21/h2-9,24H,10-12H2,1H3,(H2,22,23,25). The van der Waals surface area contributed by atoms with Gasteiger partial charge in [0.25, 0.3) is 0 Å². The molecule has 0 aliphatic rings. The van der Waals surface area contributed by atoms with Crippen molar-refractivity contribution in [3.8, 4) is 11.5 Å². The Kier molecular flexibility index (Phi) is 7.89. The molecule has 0 saturated heterocycles. The number of ether oxygens (including phenoxy) is 2. The number of rotatable bonds is 9. The topological polar surface area (TPSA) is 106 Å². The number of carbonyl (C=O) groups is 1. The largest absolute Gasteiger partial charge is 0.573 e. The SMILES string of the molecule is COc1ccc(S(=O)(=O)NCCNC(=O)NCc2ccccc2OC(F)(F)F)cc1. The molecule has 0 aliphatic heterocycles. The number of hydrogen-bond donors (Lipinski definition) is 3. The van der Waals surface area contributed by atoms with Gasteiger partial charge in [0.1, 0.15) is 11.5 Å². The van der Waals surface area contributed by atoms with Crippen molar-refractivity contribution in [3.63, 3.8) is 0 Å². The van der Waals surface area contributed by atoms with E-state index in [1.165, 1.54) is 49.6 Å². The van der Waals surface area contributed by atoms with Crippen LogP contribution in [0.1, 0.15) is 5.56 Å². The highest BCUT2D eigenvalue weighted by Crippen LogP contribution is 2.26. The van der Waals surface area contributed by atoms with Crippen LogP contribution in [0.25, 0.3) is 0 Å². The van der Waals surface area contributed by atoms with Crippen LogP contribution in [0, 0.1) is 0 Å². The molecule has 0 heterocycles. The predicted molar refractivity (Wildman–Crippen MR) is 102 cm³/mol. The molecule has 0 spiro atoms. The molecular weight excluding hydrogens is 427 g/mol. The highest BCUT2D eigenvalue weighted by Gasteiger charge is 2.31. The Morgan fingerprint density at radius 1 is 1.00 bits per heavy atom. The number of hydrogen-bond acceptors (Lipinski definition) is 5. The molecule has 30 heavy (non-hydrogen) atoms. The number of sulfonamides is 1. The van der Waals surface area contributed by atoms with Crippen molar-refractivity contribution in [2.45, 2.75) is 17.8 Å². The average Bonchev–Trinajstić information content (AvgIpc) is 2.69. The summed E-state index contributed by atoms with van der Waals surface area (Å²) in [5.74, 6) is 0.0899. The van der Waals surface area contributed by atoms with Gasteiger partial charge in [-0.1, -0.05) is 18.2 Å². The second kappa shape index (κ2) is 10.2. The monoisotopic (exact) mass is 447 g/mol. The molecule has 2 amide bonds. The molecule has 12 heteroatoms. The van der Waals surface area contributed by atoms with E-state index < -0.39 is 28.2 Å². The number of para-hydroxylation sites is 1. The second-order valence-electron chi connectivity index (χ2n) is 5.84. The van der Waals surface area contributed by atoms with Gasteiger partial charge in [-0.2, -0.15) is 0 Å². The van der Waals surface area contributed by atoms with Gasteiger partial charge in [-0.05, 0) is 30.3 Å². The number of nitrogens with one attached hydrogen (secondary N) is 3. The minimum atomic E-state index is -4.85. The number of benzene rings is 2. The quantitative estimate of drug-likeness (QED) is 0.512. The molecule has 0 unspecified atom stereocenters. The van der Waals surface area contributed by atoms with E-state index in [4.69, 9.17) is 4.74 Å². The number of urea groups is 1. The van der Waals surface area contributed by atoms with Gasteiger partial charge in [-0.3, -0.25) is 0 Å². The molecule has 8 nitrogen and oxygen atoms in total. The zero-order chi connectivity index (χ0) is 22.2. The average molecular weight is 447 g/mol.